The van der Waals surface area contributed by atoms with Gasteiger partial charge in [0.2, 0.25) is 0 Å². The largest absolute Gasteiger partial charge is 0.317 e. The predicted octanol–water partition coefficient (Wildman–Crippen LogP) is 2.89. The van der Waals surface area contributed by atoms with Crippen molar-refractivity contribution >= 4 is 0 Å². The first-order valence-electron chi connectivity index (χ1n) is 7.65. The first kappa shape index (κ1) is 14.5. The molecule has 19 heavy (non-hydrogen) atoms. The summed E-state index contributed by atoms with van der Waals surface area (Å²) in [5.74, 6) is 1.51. The predicted molar refractivity (Wildman–Crippen MR) is 82.7 cm³/mol. The Hall–Kier alpha value is -0.860. The highest BCUT2D eigenvalue weighted by molar-refractivity contribution is 5.26. The summed E-state index contributed by atoms with van der Waals surface area (Å²) in [5.41, 5.74) is 2.97. The summed E-state index contributed by atoms with van der Waals surface area (Å²) in [4.78, 5) is 2.33. The van der Waals surface area contributed by atoms with Crippen molar-refractivity contribution in [1.29, 1.82) is 0 Å². The fourth-order valence-electron chi connectivity index (χ4n) is 3.17. The second-order valence-corrected chi connectivity index (χ2v) is 6.05. The Bertz CT molecular complexity index is 363. The van der Waals surface area contributed by atoms with Crippen molar-refractivity contribution in [2.75, 3.05) is 33.7 Å². The van der Waals surface area contributed by atoms with E-state index < -0.39 is 0 Å². The maximum atomic E-state index is 3.48. The molecule has 2 rings (SSSR count). The van der Waals surface area contributed by atoms with Crippen LogP contribution in [0.3, 0.4) is 0 Å². The van der Waals surface area contributed by atoms with Gasteiger partial charge >= 0.3 is 0 Å². The summed E-state index contributed by atoms with van der Waals surface area (Å²) in [6.07, 6.45) is 3.76. The van der Waals surface area contributed by atoms with Gasteiger partial charge in [0.05, 0.1) is 0 Å². The van der Waals surface area contributed by atoms with Gasteiger partial charge in [-0.05, 0) is 69.4 Å². The quantitative estimate of drug-likeness (QED) is 0.876. The van der Waals surface area contributed by atoms with E-state index in [4.69, 9.17) is 0 Å². The monoisotopic (exact) mass is 260 g/mol. The fraction of sp³-hybridized carbons (Fsp3) is 0.647. The molecule has 0 radical (unpaired) electrons. The number of likely N-dealkylation sites (N-methyl/N-ethyl adjacent to an activating group) is 1. The zero-order chi connectivity index (χ0) is 13.7. The number of benzene rings is 1. The first-order chi connectivity index (χ1) is 9.20. The van der Waals surface area contributed by atoms with Gasteiger partial charge in [-0.2, -0.15) is 0 Å². The second kappa shape index (κ2) is 7.06. The molecule has 2 heteroatoms. The van der Waals surface area contributed by atoms with Crippen LogP contribution in [0.4, 0.5) is 0 Å². The Morgan fingerprint density at radius 2 is 1.79 bits per heavy atom. The molecule has 1 saturated heterocycles. The van der Waals surface area contributed by atoms with E-state index in [9.17, 15) is 0 Å². The van der Waals surface area contributed by atoms with Crippen molar-refractivity contribution in [2.24, 2.45) is 5.92 Å². The summed E-state index contributed by atoms with van der Waals surface area (Å²) < 4.78 is 0. The van der Waals surface area contributed by atoms with Gasteiger partial charge in [-0.3, -0.25) is 0 Å². The Kier molecular flexibility index (Phi) is 5.41. The second-order valence-electron chi connectivity index (χ2n) is 6.05. The molecular weight excluding hydrogens is 232 g/mol. The van der Waals surface area contributed by atoms with E-state index in [0.717, 1.165) is 18.9 Å². The van der Waals surface area contributed by atoms with Crippen LogP contribution in [0.15, 0.2) is 24.3 Å². The van der Waals surface area contributed by atoms with Gasteiger partial charge in [-0.25, -0.2) is 0 Å². The minimum atomic E-state index is 0.683. The van der Waals surface area contributed by atoms with Crippen LogP contribution in [0.25, 0.3) is 0 Å². The SMILES string of the molecule is CCc1ccc(C(CN(C)C)C2CCNCC2)cc1. The van der Waals surface area contributed by atoms with Crippen LogP contribution >= 0.6 is 0 Å². The van der Waals surface area contributed by atoms with Crippen molar-refractivity contribution in [1.82, 2.24) is 10.2 Å². The summed E-state index contributed by atoms with van der Waals surface area (Å²) in [5, 5.41) is 3.48. The number of nitrogens with one attached hydrogen (secondary N) is 1. The van der Waals surface area contributed by atoms with Gasteiger partial charge in [0, 0.05) is 6.54 Å². The lowest BCUT2D eigenvalue weighted by Gasteiger charge is -2.33. The minimum absolute atomic E-state index is 0.683. The molecule has 1 atom stereocenters. The van der Waals surface area contributed by atoms with Crippen LogP contribution in [0, 0.1) is 5.92 Å². The molecule has 0 amide bonds. The molecule has 2 nitrogen and oxygen atoms in total. The number of nitrogens with zero attached hydrogens (tertiary/aromatic N) is 1. The average molecular weight is 260 g/mol. The standard InChI is InChI=1S/C17H28N2/c1-4-14-5-7-15(8-6-14)17(13-19(2)3)16-9-11-18-12-10-16/h5-8,16-18H,4,9-13H2,1-3H3. The Balaban J connectivity index is 2.14. The van der Waals surface area contributed by atoms with E-state index >= 15 is 0 Å². The van der Waals surface area contributed by atoms with Gasteiger partial charge in [0.15, 0.2) is 0 Å². The number of hydrogen-bond acceptors (Lipinski definition) is 2. The number of rotatable bonds is 5. The fourth-order valence-corrected chi connectivity index (χ4v) is 3.17. The molecule has 0 saturated carbocycles. The Morgan fingerprint density at radius 1 is 1.16 bits per heavy atom. The molecule has 1 fully saturated rings. The van der Waals surface area contributed by atoms with Crippen LogP contribution < -0.4 is 5.32 Å². The normalized spacial score (nSPS) is 18.7. The Labute approximate surface area is 118 Å². The molecule has 0 spiro atoms. The van der Waals surface area contributed by atoms with Crippen LogP contribution in [-0.2, 0) is 6.42 Å². The highest BCUT2D eigenvalue weighted by Crippen LogP contribution is 2.31. The lowest BCUT2D eigenvalue weighted by Crippen LogP contribution is -2.34. The third-order valence-electron chi connectivity index (χ3n) is 4.33. The molecule has 0 aliphatic carbocycles. The molecule has 1 N–H and O–H groups in total. The van der Waals surface area contributed by atoms with Crippen molar-refractivity contribution in [3.05, 3.63) is 35.4 Å². The van der Waals surface area contributed by atoms with E-state index in [-0.39, 0.29) is 0 Å². The lowest BCUT2D eigenvalue weighted by atomic mass is 9.80. The lowest BCUT2D eigenvalue weighted by molar-refractivity contribution is 0.262. The van der Waals surface area contributed by atoms with E-state index in [0.29, 0.717) is 5.92 Å². The Morgan fingerprint density at radius 3 is 2.32 bits per heavy atom. The molecule has 1 aliphatic rings. The molecule has 1 aliphatic heterocycles. The van der Waals surface area contributed by atoms with Gasteiger partial charge < -0.3 is 10.2 Å². The van der Waals surface area contributed by atoms with Gasteiger partial charge in [0.1, 0.15) is 0 Å². The van der Waals surface area contributed by atoms with E-state index in [1.807, 2.05) is 0 Å². The third kappa shape index (κ3) is 4.05. The molecule has 1 aromatic carbocycles. The maximum Gasteiger partial charge on any atom is 0.00469 e. The highest BCUT2D eigenvalue weighted by Gasteiger charge is 2.25. The van der Waals surface area contributed by atoms with Crippen LogP contribution in [0.2, 0.25) is 0 Å². The van der Waals surface area contributed by atoms with E-state index in [1.165, 1.54) is 37.1 Å². The molecule has 1 heterocycles. The van der Waals surface area contributed by atoms with Crippen LogP contribution in [0.5, 0.6) is 0 Å². The summed E-state index contributed by atoms with van der Waals surface area (Å²) >= 11 is 0. The highest BCUT2D eigenvalue weighted by atomic mass is 15.1. The average Bonchev–Trinajstić information content (AvgIpc) is 2.46. The van der Waals surface area contributed by atoms with Crippen molar-refractivity contribution in [3.8, 4) is 0 Å². The van der Waals surface area contributed by atoms with Gasteiger partial charge in [0.25, 0.3) is 0 Å². The van der Waals surface area contributed by atoms with Crippen molar-refractivity contribution in [3.63, 3.8) is 0 Å². The first-order valence-corrected chi connectivity index (χ1v) is 7.65. The number of piperidine rings is 1. The topological polar surface area (TPSA) is 15.3 Å². The number of aryl methyl sites for hydroxylation is 1. The van der Waals surface area contributed by atoms with E-state index in [2.05, 4.69) is 55.5 Å². The van der Waals surface area contributed by atoms with E-state index in [1.54, 1.807) is 0 Å². The summed E-state index contributed by atoms with van der Waals surface area (Å²) in [6, 6.07) is 9.32. The van der Waals surface area contributed by atoms with Gasteiger partial charge in [-0.15, -0.1) is 0 Å². The third-order valence-corrected chi connectivity index (χ3v) is 4.33. The molecule has 1 aromatic rings. The molecule has 106 valence electrons. The molecule has 0 aromatic heterocycles. The van der Waals surface area contributed by atoms with Gasteiger partial charge in [-0.1, -0.05) is 31.2 Å². The molecule has 1 unspecified atom stereocenters. The van der Waals surface area contributed by atoms with Crippen molar-refractivity contribution < 1.29 is 0 Å². The smallest absolute Gasteiger partial charge is 0.00469 e. The molecular formula is C17H28N2. The minimum Gasteiger partial charge on any atom is -0.317 e. The summed E-state index contributed by atoms with van der Waals surface area (Å²) in [6.45, 7) is 5.75. The zero-order valence-electron chi connectivity index (χ0n) is 12.7. The summed E-state index contributed by atoms with van der Waals surface area (Å²) in [7, 11) is 4.38. The van der Waals surface area contributed by atoms with Crippen molar-refractivity contribution in [2.45, 2.75) is 32.1 Å². The number of hydrogen-bond donors (Lipinski definition) is 1. The maximum absolute atomic E-state index is 3.48. The van der Waals surface area contributed by atoms with Crippen LogP contribution in [0.1, 0.15) is 36.8 Å². The zero-order valence-corrected chi connectivity index (χ0v) is 12.7. The van der Waals surface area contributed by atoms with Crippen LogP contribution in [-0.4, -0.2) is 38.6 Å². The molecule has 0 bridgehead atoms.